The number of fused-ring (bicyclic) bond motifs is 23. The second-order valence-electron chi connectivity index (χ2n) is 35.4. The van der Waals surface area contributed by atoms with E-state index in [-0.39, 0.29) is 0 Å². The second-order valence-corrected chi connectivity index (χ2v) is 35.4. The Morgan fingerprint density at radius 1 is 0.0970 bits per heavy atom. The largest absolute Gasteiger partial charge is 0.309 e. The minimum absolute atomic E-state index is 1.17. The Kier molecular flexibility index (Phi) is 17.6. The van der Waals surface area contributed by atoms with E-state index in [4.69, 9.17) is 0 Å². The highest BCUT2D eigenvalue weighted by atomic mass is 15.0. The number of hydrogen-bond acceptors (Lipinski definition) is 0. The Bertz CT molecular complexity index is 9470. The first-order valence-electron chi connectivity index (χ1n) is 46.2. The minimum Gasteiger partial charge on any atom is -0.309 e. The van der Waals surface area contributed by atoms with Gasteiger partial charge in [-0.1, -0.05) is 364 Å². The lowest BCUT2D eigenvalue weighted by Gasteiger charge is -2.13. The third-order valence-corrected chi connectivity index (χ3v) is 28.0. The quantitative estimate of drug-likeness (QED) is 0.138. The van der Waals surface area contributed by atoms with Crippen molar-refractivity contribution in [3.63, 3.8) is 0 Å². The molecule has 29 rings (SSSR count). The topological polar surface area (TPSA) is 29.6 Å². The van der Waals surface area contributed by atoms with Gasteiger partial charge in [-0.05, 0) is 210 Å². The number of aromatic nitrogens is 6. The average molecular weight is 1700 g/mol. The molecule has 0 spiro atoms. The molecule has 0 saturated carbocycles. The first kappa shape index (κ1) is 76.2. The fourth-order valence-electron chi connectivity index (χ4n) is 21.9. The maximum absolute atomic E-state index is 2.45. The van der Waals surface area contributed by atoms with Crippen LogP contribution in [-0.2, 0) is 0 Å². The Balaban J connectivity index is 0.000000102. The van der Waals surface area contributed by atoms with Crippen molar-refractivity contribution in [1.29, 1.82) is 0 Å². The lowest BCUT2D eigenvalue weighted by Crippen LogP contribution is -1.96. The van der Waals surface area contributed by atoms with E-state index >= 15 is 0 Å². The van der Waals surface area contributed by atoms with Crippen LogP contribution < -0.4 is 0 Å². The van der Waals surface area contributed by atoms with Crippen LogP contribution in [0, 0.1) is 0 Å². The predicted molar refractivity (Wildman–Crippen MR) is 569 cm³/mol. The summed E-state index contributed by atoms with van der Waals surface area (Å²) in [6.07, 6.45) is 0. The van der Waals surface area contributed by atoms with Crippen molar-refractivity contribution < 1.29 is 0 Å². The molecule has 0 radical (unpaired) electrons. The molecule has 6 heterocycles. The van der Waals surface area contributed by atoms with Gasteiger partial charge in [0, 0.05) is 98.2 Å². The van der Waals surface area contributed by atoms with E-state index < -0.39 is 0 Å². The maximum atomic E-state index is 2.45. The zero-order valence-electron chi connectivity index (χ0n) is 73.0. The fraction of sp³-hybridized carbons (Fsp3) is 0. The Morgan fingerprint density at radius 2 is 0.299 bits per heavy atom. The van der Waals surface area contributed by atoms with Crippen molar-refractivity contribution in [2.24, 2.45) is 0 Å². The third-order valence-electron chi connectivity index (χ3n) is 28.0. The summed E-state index contributed by atoms with van der Waals surface area (Å²) in [6, 6.07) is 182. The van der Waals surface area contributed by atoms with Crippen molar-refractivity contribution in [2.75, 3.05) is 0 Å². The number of rotatable bonds is 9. The van der Waals surface area contributed by atoms with Gasteiger partial charge < -0.3 is 27.4 Å². The van der Waals surface area contributed by atoms with E-state index in [9.17, 15) is 0 Å². The van der Waals surface area contributed by atoms with Crippen molar-refractivity contribution in [3.8, 4) is 67.5 Å². The van der Waals surface area contributed by atoms with Crippen molar-refractivity contribution in [1.82, 2.24) is 27.4 Å². The summed E-state index contributed by atoms with van der Waals surface area (Å²) in [7, 11) is 0. The van der Waals surface area contributed by atoms with Gasteiger partial charge in [0.15, 0.2) is 0 Å². The second kappa shape index (κ2) is 31.0. The van der Waals surface area contributed by atoms with Crippen molar-refractivity contribution in [3.05, 3.63) is 497 Å². The van der Waals surface area contributed by atoms with Gasteiger partial charge in [0.05, 0.1) is 77.6 Å². The Hall–Kier alpha value is -17.8. The van der Waals surface area contributed by atoms with Gasteiger partial charge in [-0.25, -0.2) is 0 Å². The van der Waals surface area contributed by atoms with Crippen LogP contribution in [0.1, 0.15) is 0 Å². The average Bonchev–Trinajstić information content (AvgIpc) is 1.58. The highest BCUT2D eigenvalue weighted by Crippen LogP contribution is 2.46. The monoisotopic (exact) mass is 1700 g/mol. The molecule has 134 heavy (non-hydrogen) atoms. The van der Waals surface area contributed by atoms with E-state index in [0.29, 0.717) is 0 Å². The van der Waals surface area contributed by atoms with Gasteiger partial charge in [-0.15, -0.1) is 0 Å². The molecule has 29 aromatic rings. The highest BCUT2D eigenvalue weighted by molar-refractivity contribution is 6.18. The summed E-state index contributed by atoms with van der Waals surface area (Å²) in [4.78, 5) is 0. The molecule has 0 bridgehead atoms. The highest BCUT2D eigenvalue weighted by Gasteiger charge is 2.24. The molecule has 0 unspecified atom stereocenters. The lowest BCUT2D eigenvalue weighted by molar-refractivity contribution is 1.18. The van der Waals surface area contributed by atoms with Crippen LogP contribution in [0.4, 0.5) is 0 Å². The van der Waals surface area contributed by atoms with E-state index in [0.717, 1.165) is 0 Å². The molecule has 0 N–H and O–H groups in total. The molecule has 6 aromatic heterocycles. The summed E-state index contributed by atoms with van der Waals surface area (Å²) >= 11 is 0. The standard InChI is InChI=1S/2C44H28N2.C40H26N2/c1-3-15-33-29(11-1)13-9-21-39(33)45-41-19-7-5-17-35(41)37-25-23-31(27-43(37)45)32-24-26-38-36-18-6-8-20-42(36)46(44(38)28-32)40-22-10-14-30-12-2-4-16-34(30)40;1-3-11-31-25-35(21-17-29(31)9-1)45-41-15-7-5-13-37(41)39-23-19-33(27-43(39)45)34-20-24-40-38-14-6-8-16-42(38)46(44(40)28-34)36-22-18-30-10-2-4-12-32(30)26-36;1-2-12-31(13-3-1)41-37-16-8-6-14-33(37)35-22-19-29(25-39(35)41)30-20-23-36-34-15-7-9-17-38(34)42(40(36)26-30)32-21-18-27-10-4-5-11-28(27)24-32/h2*1-28H;1-26H. The molecule has 624 valence electrons. The van der Waals surface area contributed by atoms with Gasteiger partial charge in [-0.2, -0.15) is 0 Å². The smallest absolute Gasteiger partial charge is 0.0547 e. The SMILES string of the molecule is c1ccc(-n2c3ccccc3c3ccc(-c4ccc5c6ccccc6n(-c6ccc7ccccc7c6)c5c4)cc32)cc1.c1ccc2c(-n3c4ccccc4c4ccc(-c5ccc6c7ccccc7n(-c7cccc8ccccc78)c6c5)cc43)cccc2c1.c1ccc2cc(-n3c4ccccc4c4ccc(-c5ccc6c7ccccc7n(-c7ccc8ccccc8c7)c6c5)cc43)ccc2c1. The fourth-order valence-corrected chi connectivity index (χ4v) is 21.9. The lowest BCUT2D eigenvalue weighted by atomic mass is 10.0. The summed E-state index contributed by atoms with van der Waals surface area (Å²) in [5.74, 6) is 0. The number of para-hydroxylation sites is 7. The summed E-state index contributed by atoms with van der Waals surface area (Å²) in [5.41, 5.74) is 28.9. The van der Waals surface area contributed by atoms with Crippen LogP contribution in [0.2, 0.25) is 0 Å². The first-order valence-corrected chi connectivity index (χ1v) is 46.2. The van der Waals surface area contributed by atoms with Crippen LogP contribution in [0.3, 0.4) is 0 Å². The van der Waals surface area contributed by atoms with Gasteiger partial charge >= 0.3 is 0 Å². The van der Waals surface area contributed by atoms with E-state index in [2.05, 4.69) is 525 Å². The van der Waals surface area contributed by atoms with Gasteiger partial charge in [-0.3, -0.25) is 0 Å². The number of benzene rings is 23. The molecule has 0 aliphatic carbocycles. The Morgan fingerprint density at radius 3 is 0.582 bits per heavy atom. The van der Waals surface area contributed by atoms with Crippen LogP contribution in [0.5, 0.6) is 0 Å². The Labute approximate surface area is 771 Å². The van der Waals surface area contributed by atoms with Crippen LogP contribution >= 0.6 is 0 Å². The number of hydrogen-bond donors (Lipinski definition) is 0. The molecular formula is C128H82N6. The molecule has 0 aliphatic rings. The molecule has 6 nitrogen and oxygen atoms in total. The molecule has 0 atom stereocenters. The zero-order valence-corrected chi connectivity index (χ0v) is 73.0. The molecule has 0 aliphatic heterocycles. The van der Waals surface area contributed by atoms with Crippen LogP contribution in [0.25, 0.3) is 252 Å². The molecule has 23 aromatic carbocycles. The molecule has 0 fully saturated rings. The summed E-state index contributed by atoms with van der Waals surface area (Å²) < 4.78 is 14.5. The van der Waals surface area contributed by atoms with Crippen molar-refractivity contribution in [2.45, 2.75) is 0 Å². The predicted octanol–water partition coefficient (Wildman–Crippen LogP) is 34.4. The molecule has 0 saturated heterocycles. The normalized spacial score (nSPS) is 11.9. The molecular weight excluding hydrogens is 1620 g/mol. The van der Waals surface area contributed by atoms with Crippen LogP contribution in [-0.4, -0.2) is 27.4 Å². The van der Waals surface area contributed by atoms with E-state index in [1.807, 2.05) is 0 Å². The molecule has 6 heteroatoms. The molecule has 0 amide bonds. The summed E-state index contributed by atoms with van der Waals surface area (Å²) in [5, 5.41) is 27.7. The summed E-state index contributed by atoms with van der Waals surface area (Å²) in [6.45, 7) is 0. The van der Waals surface area contributed by atoms with E-state index in [1.54, 1.807) is 0 Å². The minimum atomic E-state index is 1.17. The van der Waals surface area contributed by atoms with E-state index in [1.165, 1.54) is 252 Å². The van der Waals surface area contributed by atoms with Gasteiger partial charge in [0.2, 0.25) is 0 Å². The van der Waals surface area contributed by atoms with Gasteiger partial charge in [0.25, 0.3) is 0 Å². The van der Waals surface area contributed by atoms with Crippen molar-refractivity contribution >= 4 is 185 Å². The first-order chi connectivity index (χ1) is 66.5. The van der Waals surface area contributed by atoms with Gasteiger partial charge in [0.1, 0.15) is 0 Å². The van der Waals surface area contributed by atoms with Crippen LogP contribution in [0.15, 0.2) is 497 Å². The third kappa shape index (κ3) is 12.3. The number of nitrogens with zero attached hydrogens (tertiary/aromatic N) is 6. The maximum Gasteiger partial charge on any atom is 0.0547 e. The zero-order chi connectivity index (χ0) is 88.0.